The molecule has 272 valence electrons. The van der Waals surface area contributed by atoms with Crippen molar-refractivity contribution in [1.82, 2.24) is 0 Å². The summed E-state index contributed by atoms with van der Waals surface area (Å²) in [6.07, 6.45) is 0. The molecule has 0 bridgehead atoms. The number of hydrogen-bond acceptors (Lipinski definition) is 1. The first-order valence-corrected chi connectivity index (χ1v) is 21.0. The van der Waals surface area contributed by atoms with Crippen molar-refractivity contribution in [3.05, 3.63) is 96.1 Å². The summed E-state index contributed by atoms with van der Waals surface area (Å²) in [5, 5.41) is 1.75. The van der Waals surface area contributed by atoms with Gasteiger partial charge in [0.05, 0.1) is 5.69 Å². The molecule has 0 heterocycles. The number of hydrogen-bond donors (Lipinski definition) is 0. The first kappa shape index (κ1) is 47.0. The maximum absolute atomic E-state index is 7.45. The van der Waals surface area contributed by atoms with Crippen molar-refractivity contribution >= 4 is 254 Å². The highest BCUT2D eigenvalue weighted by molar-refractivity contribution is 6.71. The Kier molecular flexibility index (Phi) is 11.8. The molecular weight excluding hydrogens is 786 g/mol. The average Bonchev–Trinajstić information content (AvgIpc) is 3.58. The Morgan fingerprint density at radius 1 is 0.313 bits per heavy atom. The molecule has 0 atom stereocenters. The monoisotopic (exact) mass is 809 g/mol. The number of rotatable bonds is 6. The molecule has 0 aromatic heterocycles. The van der Waals surface area contributed by atoms with Gasteiger partial charge in [-0.3, -0.25) is 0 Å². The van der Waals surface area contributed by atoms with E-state index in [0.29, 0.717) is 56.0 Å². The Hall–Kier alpha value is -5.08. The van der Waals surface area contributed by atoms with Gasteiger partial charge in [0.25, 0.3) is 0 Å². The smallest absolute Gasteiger partial charge is 0.117 e. The number of nitrogens with zero attached hydrogens (tertiary/aromatic N) is 1. The summed E-state index contributed by atoms with van der Waals surface area (Å²) < 4.78 is 0. The van der Waals surface area contributed by atoms with Crippen molar-refractivity contribution in [2.75, 3.05) is 4.90 Å². The number of fused-ring (bicyclic) bond motifs is 4. The van der Waals surface area contributed by atoms with Gasteiger partial charge in [-0.25, -0.2) is 0 Å². The molecule has 8 aromatic carbocycles. The fourth-order valence-corrected chi connectivity index (χ4v) is 9.91. The van der Waals surface area contributed by atoms with E-state index in [4.69, 9.17) is 133 Å². The highest BCUT2D eigenvalue weighted by atomic mass is 15.1. The molecule has 0 saturated carbocycles. The van der Waals surface area contributed by atoms with Gasteiger partial charge in [-0.1, -0.05) is 130 Å². The molecule has 0 N–H and O–H groups in total. The van der Waals surface area contributed by atoms with Crippen LogP contribution in [-0.4, -0.2) is 133 Å². The summed E-state index contributed by atoms with van der Waals surface area (Å²) in [5.74, 6) is 0. The third-order valence-corrected chi connectivity index (χ3v) is 13.4. The van der Waals surface area contributed by atoms with E-state index in [2.05, 4.69) is 0 Å². The van der Waals surface area contributed by atoms with Crippen molar-refractivity contribution in [3.8, 4) is 44.5 Å². The van der Waals surface area contributed by atoms with E-state index < -0.39 is 5.41 Å². The molecule has 0 spiro atoms. The van der Waals surface area contributed by atoms with E-state index in [-0.39, 0.29) is 92.9 Å². The zero-order chi connectivity index (χ0) is 48.5. The molecule has 0 fully saturated rings. The van der Waals surface area contributed by atoms with Crippen LogP contribution in [0, 0.1) is 0 Å². The Labute approximate surface area is 416 Å². The lowest BCUT2D eigenvalue weighted by atomic mass is 9.59. The van der Waals surface area contributed by atoms with Crippen LogP contribution in [0.1, 0.15) is 25.0 Å². The van der Waals surface area contributed by atoms with Crippen molar-refractivity contribution in [3.63, 3.8) is 0 Å². The van der Waals surface area contributed by atoms with Gasteiger partial charge in [-0.15, -0.1) is 43.7 Å². The minimum atomic E-state index is -0.901. The van der Waals surface area contributed by atoms with Crippen LogP contribution in [0.5, 0.6) is 0 Å². The fourth-order valence-electron chi connectivity index (χ4n) is 9.91. The molecular formula is C49H20B17N. The number of para-hydroxylation sites is 1. The van der Waals surface area contributed by atoms with Gasteiger partial charge < -0.3 is 4.90 Å². The molecule has 67 heavy (non-hydrogen) atoms. The molecule has 0 amide bonds. The quantitative estimate of drug-likeness (QED) is 0.151. The van der Waals surface area contributed by atoms with Gasteiger partial charge in [0.15, 0.2) is 0 Å². The van der Waals surface area contributed by atoms with Crippen LogP contribution < -0.4 is 97.8 Å². The van der Waals surface area contributed by atoms with Gasteiger partial charge in [-0.05, 0) is 79.0 Å². The Balaban J connectivity index is 1.30. The van der Waals surface area contributed by atoms with Gasteiger partial charge in [0.1, 0.15) is 133 Å². The van der Waals surface area contributed by atoms with E-state index in [1.165, 1.54) is 0 Å². The molecule has 0 saturated heterocycles. The summed E-state index contributed by atoms with van der Waals surface area (Å²) in [7, 11) is 113. The van der Waals surface area contributed by atoms with Crippen molar-refractivity contribution in [1.29, 1.82) is 0 Å². The molecule has 9 rings (SSSR count). The SMILES string of the molecule is [B]c1c([B])c([B])c(-c2ccccc2N(c2ccc(-c3ccc(-c4c([B])c([B])c([B])c([B])c4[B])c4ccccc34)cc2)c2c([B])c([B])c3c(c2[B])C(C)(C)c2c([B])c([B])c([B])c([B])c2-3)c([B])c1[B]. The van der Waals surface area contributed by atoms with Crippen LogP contribution in [0.4, 0.5) is 17.1 Å². The van der Waals surface area contributed by atoms with Crippen LogP contribution in [0.25, 0.3) is 55.3 Å². The predicted molar refractivity (Wildman–Crippen MR) is 304 cm³/mol. The second-order valence-corrected chi connectivity index (χ2v) is 17.4. The second-order valence-electron chi connectivity index (χ2n) is 17.4. The molecule has 8 aromatic rings. The maximum Gasteiger partial charge on any atom is 0.117 e. The predicted octanol–water partition coefficient (Wildman–Crippen LogP) is -6.89. The van der Waals surface area contributed by atoms with Gasteiger partial charge >= 0.3 is 0 Å². The van der Waals surface area contributed by atoms with Crippen LogP contribution in [-0.2, 0) is 5.41 Å². The van der Waals surface area contributed by atoms with Crippen LogP contribution >= 0.6 is 0 Å². The molecule has 18 heteroatoms. The first-order chi connectivity index (χ1) is 31.6. The van der Waals surface area contributed by atoms with Crippen molar-refractivity contribution < 1.29 is 0 Å². The molecule has 1 aliphatic carbocycles. The van der Waals surface area contributed by atoms with E-state index in [0.717, 1.165) is 27.5 Å². The first-order valence-electron chi connectivity index (χ1n) is 21.0. The molecule has 0 unspecified atom stereocenters. The highest BCUT2D eigenvalue weighted by Crippen LogP contribution is 2.47. The zero-order valence-corrected chi connectivity index (χ0v) is 36.8. The Morgan fingerprint density at radius 2 is 0.687 bits per heavy atom. The Bertz CT molecular complexity index is 3420. The topological polar surface area (TPSA) is 3.24 Å². The summed E-state index contributed by atoms with van der Waals surface area (Å²) >= 11 is 0. The van der Waals surface area contributed by atoms with Crippen LogP contribution in [0.2, 0.25) is 0 Å². The maximum atomic E-state index is 7.45. The Morgan fingerprint density at radius 3 is 1.21 bits per heavy atom. The minimum absolute atomic E-state index is 0.0689. The number of benzene rings is 8. The summed E-state index contributed by atoms with van der Waals surface area (Å²) in [5.41, 5.74) is 9.46. The van der Waals surface area contributed by atoms with E-state index in [1.807, 2.05) is 104 Å². The summed E-state index contributed by atoms with van der Waals surface area (Å²) in [4.78, 5) is 1.89. The lowest BCUT2D eigenvalue weighted by Crippen LogP contribution is -2.55. The van der Waals surface area contributed by atoms with Gasteiger partial charge in [0, 0.05) is 22.4 Å². The largest absolute Gasteiger partial charge is 0.311 e. The van der Waals surface area contributed by atoms with Crippen LogP contribution in [0.3, 0.4) is 0 Å². The van der Waals surface area contributed by atoms with Crippen LogP contribution in [0.15, 0.2) is 84.9 Å². The zero-order valence-electron chi connectivity index (χ0n) is 36.8. The molecule has 1 aliphatic rings. The van der Waals surface area contributed by atoms with Crippen molar-refractivity contribution in [2.45, 2.75) is 19.3 Å². The normalized spacial score (nSPS) is 12.6. The highest BCUT2D eigenvalue weighted by Gasteiger charge is 2.42. The molecule has 1 nitrogen and oxygen atoms in total. The van der Waals surface area contributed by atoms with E-state index in [1.54, 1.807) is 0 Å². The number of anilines is 3. The van der Waals surface area contributed by atoms with Gasteiger partial charge in [-0.2, -0.15) is 0 Å². The third-order valence-electron chi connectivity index (χ3n) is 13.4. The van der Waals surface area contributed by atoms with E-state index in [9.17, 15) is 0 Å². The molecule has 0 aliphatic heterocycles. The summed E-state index contributed by atoms with van der Waals surface area (Å²) in [6, 6.07) is 27.0. The molecule has 34 radical (unpaired) electrons. The summed E-state index contributed by atoms with van der Waals surface area (Å²) in [6.45, 7) is 3.92. The van der Waals surface area contributed by atoms with Gasteiger partial charge in [0.2, 0.25) is 0 Å². The lowest BCUT2D eigenvalue weighted by molar-refractivity contribution is 0.669. The third kappa shape index (κ3) is 6.83. The van der Waals surface area contributed by atoms with E-state index >= 15 is 0 Å². The second kappa shape index (κ2) is 16.9. The fraction of sp³-hybridized carbons (Fsp3) is 0.0612. The standard InChI is InChI=1S/C49H20B17N/c1-49(2)29-27(35(54)43(62)44(63)37(29)56)28-30(49)38(57)48(47(66)36(28)55)67(24-10-6-5-9-23(24)26-33(52)41(60)46(65)42(61)34(26)53)18-13-11-17(12-14-18)19-15-16-22(21-8-4-3-7-20(19)21)25-31(50)39(58)45(64)40(59)32(25)51/h3-16H,1-2H3. The minimum Gasteiger partial charge on any atom is -0.311 e. The lowest BCUT2D eigenvalue weighted by Gasteiger charge is -2.36. The average molecular weight is 807 g/mol. The van der Waals surface area contributed by atoms with Crippen molar-refractivity contribution in [2.24, 2.45) is 0 Å².